The second-order valence-corrected chi connectivity index (χ2v) is 5.97. The highest BCUT2D eigenvalue weighted by Crippen LogP contribution is 2.43. The summed E-state index contributed by atoms with van der Waals surface area (Å²) in [6.45, 7) is 10.9. The lowest BCUT2D eigenvalue weighted by Crippen LogP contribution is -2.22. The van der Waals surface area contributed by atoms with Crippen LogP contribution in [0.15, 0.2) is 28.6 Å². The molecule has 0 saturated heterocycles. The van der Waals surface area contributed by atoms with E-state index in [2.05, 4.69) is 44.8 Å². The van der Waals surface area contributed by atoms with E-state index in [0.29, 0.717) is 5.92 Å². The molecule has 2 rings (SSSR count). The second kappa shape index (κ2) is 4.27. The highest BCUT2D eigenvalue weighted by atomic mass is 16.1. The molecule has 2 heteroatoms. The Kier molecular flexibility index (Phi) is 3.05. The van der Waals surface area contributed by atoms with Crippen LogP contribution in [0.25, 0.3) is 11.6 Å². The van der Waals surface area contributed by atoms with Crippen LogP contribution < -0.4 is 5.56 Å². The van der Waals surface area contributed by atoms with Crippen molar-refractivity contribution in [1.29, 1.82) is 0 Å². The van der Waals surface area contributed by atoms with Gasteiger partial charge in [0.2, 0.25) is 5.56 Å². The topological polar surface area (TPSA) is 32.9 Å². The average Bonchev–Trinajstić information content (AvgIpc) is 2.26. The van der Waals surface area contributed by atoms with Crippen molar-refractivity contribution >= 4 is 11.6 Å². The van der Waals surface area contributed by atoms with Crippen LogP contribution in [-0.2, 0) is 0 Å². The Bertz CT molecular complexity index is 582. The first-order valence-electron chi connectivity index (χ1n) is 6.46. The lowest BCUT2D eigenvalue weighted by Gasteiger charge is -2.34. The molecule has 0 fully saturated rings. The molecule has 1 unspecified atom stereocenters. The summed E-state index contributed by atoms with van der Waals surface area (Å²) < 4.78 is 0. The summed E-state index contributed by atoms with van der Waals surface area (Å²) in [7, 11) is 0. The fourth-order valence-electron chi connectivity index (χ4n) is 2.78. The summed E-state index contributed by atoms with van der Waals surface area (Å²) >= 11 is 0. The molecule has 1 aromatic heterocycles. The van der Waals surface area contributed by atoms with Gasteiger partial charge in [0.15, 0.2) is 0 Å². The summed E-state index contributed by atoms with van der Waals surface area (Å²) in [5.41, 5.74) is 4.83. The molecule has 1 atom stereocenters. The Labute approximate surface area is 108 Å². The monoisotopic (exact) mass is 243 g/mol. The molecule has 18 heavy (non-hydrogen) atoms. The molecule has 1 aliphatic carbocycles. The van der Waals surface area contributed by atoms with Crippen molar-refractivity contribution in [2.24, 2.45) is 11.3 Å². The number of aromatic amines is 1. The van der Waals surface area contributed by atoms with Crippen molar-refractivity contribution in [3.05, 3.63) is 45.4 Å². The van der Waals surface area contributed by atoms with Gasteiger partial charge in [0.05, 0.1) is 5.69 Å². The minimum absolute atomic E-state index is 0.0343. The van der Waals surface area contributed by atoms with Crippen LogP contribution in [0.2, 0.25) is 0 Å². The van der Waals surface area contributed by atoms with E-state index >= 15 is 0 Å². The molecule has 1 aromatic rings. The van der Waals surface area contributed by atoms with Gasteiger partial charge < -0.3 is 4.98 Å². The molecule has 2 nitrogen and oxygen atoms in total. The van der Waals surface area contributed by atoms with E-state index in [1.54, 1.807) is 6.07 Å². The fourth-order valence-corrected chi connectivity index (χ4v) is 2.78. The number of nitrogens with one attached hydrogen (secondary N) is 1. The zero-order valence-corrected chi connectivity index (χ0v) is 11.8. The van der Waals surface area contributed by atoms with Gasteiger partial charge in [-0.05, 0) is 29.5 Å². The van der Waals surface area contributed by atoms with Crippen LogP contribution in [0.3, 0.4) is 0 Å². The standard InChI is InChI=1S/C16H21NO/c1-6-12-10(2)13(16(3,4)5)9-11-7-8-14(18)17-15(11)12/h6-10H,1-5H3,(H,17,18)/b12-6+. The second-order valence-electron chi connectivity index (χ2n) is 5.97. The summed E-state index contributed by atoms with van der Waals surface area (Å²) in [4.78, 5) is 14.4. The Morgan fingerprint density at radius 1 is 1.28 bits per heavy atom. The molecule has 0 radical (unpaired) electrons. The number of aromatic nitrogens is 1. The Hall–Kier alpha value is -1.57. The summed E-state index contributed by atoms with van der Waals surface area (Å²) in [5, 5.41) is 0. The number of hydrogen-bond donors (Lipinski definition) is 1. The molecule has 0 saturated carbocycles. The zero-order chi connectivity index (χ0) is 13.5. The van der Waals surface area contributed by atoms with Crippen LogP contribution in [-0.4, -0.2) is 4.98 Å². The molecular weight excluding hydrogens is 222 g/mol. The molecule has 1 N–H and O–H groups in total. The van der Waals surface area contributed by atoms with Crippen LogP contribution in [0.1, 0.15) is 45.9 Å². The van der Waals surface area contributed by atoms with E-state index in [1.807, 2.05) is 13.0 Å². The number of fused-ring (bicyclic) bond motifs is 1. The van der Waals surface area contributed by atoms with Crippen LogP contribution in [0, 0.1) is 11.3 Å². The molecular formula is C16H21NO. The lowest BCUT2D eigenvalue weighted by atomic mass is 9.72. The van der Waals surface area contributed by atoms with Crippen molar-refractivity contribution in [2.75, 3.05) is 0 Å². The Balaban J connectivity index is 2.71. The average molecular weight is 243 g/mol. The predicted octanol–water partition coefficient (Wildman–Crippen LogP) is 3.86. The quantitative estimate of drug-likeness (QED) is 0.737. The smallest absolute Gasteiger partial charge is 0.248 e. The van der Waals surface area contributed by atoms with Gasteiger partial charge in [0, 0.05) is 12.0 Å². The van der Waals surface area contributed by atoms with Crippen molar-refractivity contribution in [3.63, 3.8) is 0 Å². The van der Waals surface area contributed by atoms with E-state index in [4.69, 9.17) is 0 Å². The molecule has 0 aromatic carbocycles. The molecule has 0 amide bonds. The molecule has 1 aliphatic rings. The van der Waals surface area contributed by atoms with E-state index < -0.39 is 0 Å². The fraction of sp³-hybridized carbons (Fsp3) is 0.438. The van der Waals surface area contributed by atoms with E-state index in [-0.39, 0.29) is 11.0 Å². The first-order chi connectivity index (χ1) is 8.34. The molecule has 0 spiro atoms. The maximum absolute atomic E-state index is 11.5. The van der Waals surface area contributed by atoms with Gasteiger partial charge in [-0.25, -0.2) is 0 Å². The van der Waals surface area contributed by atoms with Crippen LogP contribution in [0.4, 0.5) is 0 Å². The maximum atomic E-state index is 11.5. The third-order valence-corrected chi connectivity index (χ3v) is 3.66. The first-order valence-corrected chi connectivity index (χ1v) is 6.46. The first kappa shape index (κ1) is 12.9. The Morgan fingerprint density at radius 2 is 1.94 bits per heavy atom. The van der Waals surface area contributed by atoms with Crippen LogP contribution in [0.5, 0.6) is 0 Å². The third-order valence-electron chi connectivity index (χ3n) is 3.66. The van der Waals surface area contributed by atoms with Gasteiger partial charge in [0.25, 0.3) is 0 Å². The van der Waals surface area contributed by atoms with E-state index in [0.717, 1.165) is 11.3 Å². The minimum atomic E-state index is -0.0343. The molecule has 0 bridgehead atoms. The van der Waals surface area contributed by atoms with Gasteiger partial charge in [-0.3, -0.25) is 4.79 Å². The minimum Gasteiger partial charge on any atom is -0.322 e. The van der Waals surface area contributed by atoms with E-state index in [1.165, 1.54) is 11.1 Å². The Morgan fingerprint density at radius 3 is 2.50 bits per heavy atom. The number of allylic oxidation sites excluding steroid dienone is 3. The van der Waals surface area contributed by atoms with Crippen molar-refractivity contribution in [2.45, 2.75) is 34.6 Å². The summed E-state index contributed by atoms with van der Waals surface area (Å²) in [6, 6.07) is 3.51. The normalized spacial score (nSPS) is 21.7. The largest absolute Gasteiger partial charge is 0.322 e. The van der Waals surface area contributed by atoms with E-state index in [9.17, 15) is 4.79 Å². The molecule has 0 aliphatic heterocycles. The maximum Gasteiger partial charge on any atom is 0.248 e. The number of pyridine rings is 1. The van der Waals surface area contributed by atoms with Gasteiger partial charge in [-0.15, -0.1) is 0 Å². The number of hydrogen-bond acceptors (Lipinski definition) is 1. The third kappa shape index (κ3) is 2.07. The molecule has 1 heterocycles. The van der Waals surface area contributed by atoms with Crippen molar-refractivity contribution < 1.29 is 0 Å². The van der Waals surface area contributed by atoms with Crippen molar-refractivity contribution in [3.8, 4) is 0 Å². The van der Waals surface area contributed by atoms with Crippen molar-refractivity contribution in [1.82, 2.24) is 4.98 Å². The highest BCUT2D eigenvalue weighted by Gasteiger charge is 2.29. The van der Waals surface area contributed by atoms with Gasteiger partial charge in [-0.1, -0.05) is 45.4 Å². The van der Waals surface area contributed by atoms with Gasteiger partial charge >= 0.3 is 0 Å². The van der Waals surface area contributed by atoms with Gasteiger partial charge in [-0.2, -0.15) is 0 Å². The highest BCUT2D eigenvalue weighted by molar-refractivity contribution is 5.80. The predicted molar refractivity (Wildman–Crippen MR) is 77.3 cm³/mol. The number of rotatable bonds is 0. The zero-order valence-electron chi connectivity index (χ0n) is 11.8. The van der Waals surface area contributed by atoms with Crippen LogP contribution >= 0.6 is 0 Å². The summed E-state index contributed by atoms with van der Waals surface area (Å²) in [5.74, 6) is 0.348. The molecule has 96 valence electrons. The van der Waals surface area contributed by atoms with Gasteiger partial charge in [0.1, 0.15) is 0 Å². The summed E-state index contributed by atoms with van der Waals surface area (Å²) in [6.07, 6.45) is 4.33. The SMILES string of the molecule is C/C=C1/c2[nH]c(=O)ccc2C=C(C(C)(C)C)C1C. The lowest BCUT2D eigenvalue weighted by molar-refractivity contribution is 0.468. The number of H-pyrrole nitrogens is 1.